The molecule has 2 N–H and O–H groups in total. The van der Waals surface area contributed by atoms with Gasteiger partial charge in [-0.25, -0.2) is 15.0 Å². The number of rotatable bonds is 8. The molecular weight excluding hydrogens is 432 g/mol. The van der Waals surface area contributed by atoms with Crippen LogP contribution in [0.5, 0.6) is 0 Å². The number of fused-ring (bicyclic) bond motifs is 1. The van der Waals surface area contributed by atoms with Crippen molar-refractivity contribution in [3.8, 4) is 0 Å². The molecular formula is C21H26N6O2S2. The fraction of sp³-hybridized carbons (Fsp3) is 0.429. The first-order chi connectivity index (χ1) is 15.1. The van der Waals surface area contributed by atoms with Gasteiger partial charge in [0.1, 0.15) is 0 Å². The summed E-state index contributed by atoms with van der Waals surface area (Å²) >= 11 is 3.20. The number of hydrogen-bond donors (Lipinski definition) is 2. The highest BCUT2D eigenvalue weighted by atomic mass is 32.2. The number of thiazole rings is 1. The Morgan fingerprint density at radius 2 is 1.97 bits per heavy atom. The highest BCUT2D eigenvalue weighted by molar-refractivity contribution is 7.98. The summed E-state index contributed by atoms with van der Waals surface area (Å²) in [4.78, 5) is 28.9. The lowest BCUT2D eigenvalue weighted by atomic mass is 10.2. The van der Waals surface area contributed by atoms with E-state index in [0.29, 0.717) is 43.7 Å². The lowest BCUT2D eigenvalue weighted by molar-refractivity contribution is 0.0303. The van der Waals surface area contributed by atoms with Gasteiger partial charge in [-0.2, -0.15) is 0 Å². The molecule has 3 heterocycles. The molecule has 0 bridgehead atoms. The molecule has 0 unspecified atom stereocenters. The summed E-state index contributed by atoms with van der Waals surface area (Å²) in [6, 6.07) is 5.72. The van der Waals surface area contributed by atoms with E-state index in [9.17, 15) is 4.79 Å². The first kappa shape index (κ1) is 21.8. The van der Waals surface area contributed by atoms with Gasteiger partial charge in [0.25, 0.3) is 5.91 Å². The van der Waals surface area contributed by atoms with Gasteiger partial charge in [-0.05, 0) is 30.4 Å². The number of ether oxygens (including phenoxy) is 1. The van der Waals surface area contributed by atoms with Crippen molar-refractivity contribution in [2.45, 2.75) is 11.8 Å². The largest absolute Gasteiger partial charge is 0.378 e. The molecule has 1 amide bonds. The van der Waals surface area contributed by atoms with E-state index < -0.39 is 0 Å². The number of carbonyl (C=O) groups excluding carboxylic acids is 1. The van der Waals surface area contributed by atoms with Gasteiger partial charge in [0, 0.05) is 49.0 Å². The molecule has 4 rings (SSSR count). The number of thioether (sulfide) groups is 1. The minimum Gasteiger partial charge on any atom is -0.378 e. The third-order valence-electron chi connectivity index (χ3n) is 5.01. The molecule has 0 saturated carbocycles. The minimum absolute atomic E-state index is 0.0561. The summed E-state index contributed by atoms with van der Waals surface area (Å²) in [7, 11) is 0. The van der Waals surface area contributed by atoms with Gasteiger partial charge in [-0.15, -0.1) is 11.8 Å². The lowest BCUT2D eigenvalue weighted by Crippen LogP contribution is -2.40. The quantitative estimate of drug-likeness (QED) is 0.496. The second-order valence-electron chi connectivity index (χ2n) is 7.42. The predicted molar refractivity (Wildman–Crippen MR) is 126 cm³/mol. The zero-order chi connectivity index (χ0) is 21.6. The van der Waals surface area contributed by atoms with Crippen LogP contribution >= 0.6 is 23.1 Å². The molecule has 31 heavy (non-hydrogen) atoms. The van der Waals surface area contributed by atoms with Crippen LogP contribution in [0.2, 0.25) is 0 Å². The Bertz CT molecular complexity index is 1020. The summed E-state index contributed by atoms with van der Waals surface area (Å²) in [5.41, 5.74) is 1.61. The van der Waals surface area contributed by atoms with E-state index >= 15 is 0 Å². The smallest absolute Gasteiger partial charge is 0.254 e. The van der Waals surface area contributed by atoms with Crippen LogP contribution in [0.15, 0.2) is 35.5 Å². The second-order valence-corrected chi connectivity index (χ2v) is 9.33. The Balaban J connectivity index is 1.31. The van der Waals surface area contributed by atoms with Crippen LogP contribution in [0.3, 0.4) is 0 Å². The van der Waals surface area contributed by atoms with Crippen LogP contribution in [0.25, 0.3) is 10.2 Å². The summed E-state index contributed by atoms with van der Waals surface area (Å²) < 4.78 is 6.34. The van der Waals surface area contributed by atoms with Gasteiger partial charge in [0.15, 0.2) is 5.13 Å². The Hall–Kier alpha value is -2.43. The van der Waals surface area contributed by atoms with Crippen LogP contribution in [0.4, 0.5) is 11.1 Å². The van der Waals surface area contributed by atoms with Crippen LogP contribution in [0.1, 0.15) is 17.3 Å². The van der Waals surface area contributed by atoms with Gasteiger partial charge in [-0.3, -0.25) is 4.79 Å². The molecule has 3 aromatic rings. The number of hydrogen-bond acceptors (Lipinski definition) is 9. The molecule has 0 radical (unpaired) electrons. The molecule has 1 aliphatic heterocycles. The molecule has 1 aromatic carbocycles. The standard InChI is InChI=1S/C21H26N6O2S2/c1-14(10-22-20-23-12-16(30-2)13-24-20)11-25-21-26-17-4-3-15(9-18(17)31-21)19(28)27-5-7-29-8-6-27/h3-4,9,12-14H,5-8,10-11H2,1-2H3,(H,25,26)(H,22,23,24)/t14-/m0/s1. The van der Waals surface area contributed by atoms with Gasteiger partial charge >= 0.3 is 0 Å². The average molecular weight is 459 g/mol. The number of aromatic nitrogens is 3. The third kappa shape index (κ3) is 5.63. The molecule has 1 atom stereocenters. The topological polar surface area (TPSA) is 92.3 Å². The van der Waals surface area contributed by atoms with Crippen molar-refractivity contribution in [2.24, 2.45) is 5.92 Å². The normalized spacial score (nSPS) is 15.1. The first-order valence-electron chi connectivity index (χ1n) is 10.2. The van der Waals surface area contributed by atoms with Crippen LogP contribution in [-0.2, 0) is 4.74 Å². The highest BCUT2D eigenvalue weighted by Gasteiger charge is 2.19. The number of benzene rings is 1. The van der Waals surface area contributed by atoms with E-state index in [2.05, 4.69) is 32.5 Å². The van der Waals surface area contributed by atoms with Crippen molar-refractivity contribution in [3.63, 3.8) is 0 Å². The van der Waals surface area contributed by atoms with Crippen molar-refractivity contribution < 1.29 is 9.53 Å². The van der Waals surface area contributed by atoms with Crippen molar-refractivity contribution in [1.29, 1.82) is 0 Å². The van der Waals surface area contributed by atoms with E-state index in [-0.39, 0.29) is 5.91 Å². The van der Waals surface area contributed by atoms with Crippen molar-refractivity contribution in [2.75, 3.05) is 56.3 Å². The molecule has 2 aromatic heterocycles. The summed E-state index contributed by atoms with van der Waals surface area (Å²) in [6.07, 6.45) is 5.65. The number of carbonyl (C=O) groups is 1. The van der Waals surface area contributed by atoms with Crippen molar-refractivity contribution in [1.82, 2.24) is 19.9 Å². The Kier molecular flexibility index (Phi) is 7.21. The Morgan fingerprint density at radius 1 is 1.23 bits per heavy atom. The second kappa shape index (κ2) is 10.3. The number of morpholine rings is 1. The first-order valence-corrected chi connectivity index (χ1v) is 12.3. The van der Waals surface area contributed by atoms with Gasteiger partial charge < -0.3 is 20.3 Å². The highest BCUT2D eigenvalue weighted by Crippen LogP contribution is 2.27. The minimum atomic E-state index is 0.0561. The van der Waals surface area contributed by atoms with E-state index in [1.54, 1.807) is 23.1 Å². The molecule has 10 heteroatoms. The SMILES string of the molecule is CSc1cnc(NC[C@H](C)CNc2nc3ccc(C(=O)N4CCOCC4)cc3s2)nc1. The van der Waals surface area contributed by atoms with Crippen LogP contribution < -0.4 is 10.6 Å². The van der Waals surface area contributed by atoms with Crippen LogP contribution in [-0.4, -0.2) is 71.4 Å². The number of nitrogens with zero attached hydrogens (tertiary/aromatic N) is 4. The summed E-state index contributed by atoms with van der Waals surface area (Å²) in [5, 5.41) is 7.54. The molecule has 1 aliphatic rings. The maximum absolute atomic E-state index is 12.7. The lowest BCUT2D eigenvalue weighted by Gasteiger charge is -2.26. The molecule has 0 aliphatic carbocycles. The molecule has 164 valence electrons. The molecule has 8 nitrogen and oxygen atoms in total. The maximum Gasteiger partial charge on any atom is 0.254 e. The van der Waals surface area contributed by atoms with Gasteiger partial charge in [-0.1, -0.05) is 18.3 Å². The van der Waals surface area contributed by atoms with E-state index in [4.69, 9.17) is 4.74 Å². The van der Waals surface area contributed by atoms with Gasteiger partial charge in [0.2, 0.25) is 5.95 Å². The molecule has 1 fully saturated rings. The maximum atomic E-state index is 12.7. The monoisotopic (exact) mass is 458 g/mol. The molecule has 0 spiro atoms. The summed E-state index contributed by atoms with van der Waals surface area (Å²) in [6.45, 7) is 6.18. The van der Waals surface area contributed by atoms with Crippen molar-refractivity contribution in [3.05, 3.63) is 36.2 Å². The van der Waals surface area contributed by atoms with E-state index in [1.807, 2.05) is 41.7 Å². The fourth-order valence-corrected chi connectivity index (χ4v) is 4.42. The Labute approximate surface area is 189 Å². The zero-order valence-corrected chi connectivity index (χ0v) is 19.3. The number of nitrogens with one attached hydrogen (secondary N) is 2. The molecule has 1 saturated heterocycles. The number of anilines is 2. The summed E-state index contributed by atoms with van der Waals surface area (Å²) in [5.74, 6) is 1.05. The fourth-order valence-electron chi connectivity index (χ4n) is 3.19. The van der Waals surface area contributed by atoms with Crippen LogP contribution in [0, 0.1) is 5.92 Å². The van der Waals surface area contributed by atoms with Gasteiger partial charge in [0.05, 0.1) is 23.4 Å². The third-order valence-corrected chi connectivity index (χ3v) is 6.67. The average Bonchev–Trinajstić information content (AvgIpc) is 3.24. The Morgan fingerprint density at radius 3 is 2.71 bits per heavy atom. The predicted octanol–water partition coefficient (Wildman–Crippen LogP) is 3.44. The van der Waals surface area contributed by atoms with Crippen molar-refractivity contribution >= 4 is 50.3 Å². The number of amides is 1. The van der Waals surface area contributed by atoms with E-state index in [0.717, 1.165) is 33.3 Å². The zero-order valence-electron chi connectivity index (χ0n) is 17.6. The van der Waals surface area contributed by atoms with E-state index in [1.165, 1.54) is 0 Å².